The molecule has 1 heterocycles. The lowest BCUT2D eigenvalue weighted by molar-refractivity contribution is -0.121. The molecule has 0 aliphatic rings. The molecule has 28 heavy (non-hydrogen) atoms. The number of halogens is 1. The number of carbonyl (C=O) groups excluding carboxylic acids is 1. The Labute approximate surface area is 166 Å². The van der Waals surface area contributed by atoms with Gasteiger partial charge in [-0.05, 0) is 29.8 Å². The number of fused-ring (bicyclic) bond motifs is 1. The van der Waals surface area contributed by atoms with Crippen LogP contribution >= 0.6 is 11.6 Å². The number of nitrogens with zero attached hydrogens (tertiary/aromatic N) is 3. The van der Waals surface area contributed by atoms with Gasteiger partial charge in [0, 0.05) is 0 Å². The minimum atomic E-state index is -0.286. The van der Waals surface area contributed by atoms with Crippen molar-refractivity contribution in [3.8, 4) is 23.8 Å². The number of aromatic nitrogens is 2. The van der Waals surface area contributed by atoms with Gasteiger partial charge in [0.05, 0.1) is 35.7 Å². The molecule has 0 spiro atoms. The van der Waals surface area contributed by atoms with Crippen LogP contribution in [-0.2, 0) is 11.3 Å². The Kier molecular flexibility index (Phi) is 6.14. The summed E-state index contributed by atoms with van der Waals surface area (Å²) in [5.74, 6) is 2.86. The number of hydrogen-bond acceptors (Lipinski definition) is 5. The molecule has 142 valence electrons. The summed E-state index contributed by atoms with van der Waals surface area (Å²) >= 11 is 6.21. The molecule has 0 bridgehead atoms. The van der Waals surface area contributed by atoms with E-state index in [1.54, 1.807) is 23.0 Å². The molecule has 1 N–H and O–H groups in total. The molecule has 0 fully saturated rings. The number of carbonyl (C=O) groups is 1. The van der Waals surface area contributed by atoms with Crippen LogP contribution in [0.3, 0.4) is 0 Å². The van der Waals surface area contributed by atoms with Gasteiger partial charge in [-0.15, -0.1) is 6.42 Å². The Balaban J connectivity index is 1.66. The standard InChI is InChI=1S/C20H17ClN4O3/c1-3-8-28-20-15(21)9-14(10-18(20)27-2)11-23-24-19(26)12-25-13-22-16-6-4-5-7-17(16)25/h1,4-7,9-11,13H,8,12H2,2H3,(H,24,26)/b23-11-. The lowest BCUT2D eigenvalue weighted by Crippen LogP contribution is -2.22. The van der Waals surface area contributed by atoms with Crippen molar-refractivity contribution in [2.45, 2.75) is 6.54 Å². The Morgan fingerprint density at radius 1 is 1.43 bits per heavy atom. The van der Waals surface area contributed by atoms with Gasteiger partial charge in [-0.1, -0.05) is 29.7 Å². The quantitative estimate of drug-likeness (QED) is 0.378. The van der Waals surface area contributed by atoms with E-state index < -0.39 is 0 Å². The van der Waals surface area contributed by atoms with Gasteiger partial charge in [0.2, 0.25) is 0 Å². The van der Waals surface area contributed by atoms with Crippen LogP contribution in [0.1, 0.15) is 5.56 Å². The molecule has 3 rings (SSSR count). The van der Waals surface area contributed by atoms with Gasteiger partial charge < -0.3 is 14.0 Å². The molecule has 7 nitrogen and oxygen atoms in total. The van der Waals surface area contributed by atoms with Crippen LogP contribution in [0.5, 0.6) is 11.5 Å². The largest absolute Gasteiger partial charge is 0.493 e. The predicted octanol–water partition coefficient (Wildman–Crippen LogP) is 2.86. The second-order valence-electron chi connectivity index (χ2n) is 5.68. The third-order valence-electron chi connectivity index (χ3n) is 3.80. The average Bonchev–Trinajstić information content (AvgIpc) is 3.09. The number of imidazole rings is 1. The fourth-order valence-corrected chi connectivity index (χ4v) is 2.85. The minimum Gasteiger partial charge on any atom is -0.493 e. The molecular formula is C20H17ClN4O3. The zero-order valence-electron chi connectivity index (χ0n) is 15.1. The molecule has 0 unspecified atom stereocenters. The number of terminal acetylenes is 1. The van der Waals surface area contributed by atoms with Gasteiger partial charge in [0.15, 0.2) is 11.5 Å². The van der Waals surface area contributed by atoms with Crippen molar-refractivity contribution in [1.29, 1.82) is 0 Å². The van der Waals surface area contributed by atoms with Crippen molar-refractivity contribution in [3.05, 3.63) is 53.3 Å². The Morgan fingerprint density at radius 2 is 2.25 bits per heavy atom. The Bertz CT molecular complexity index is 1070. The number of amides is 1. The molecule has 0 saturated heterocycles. The van der Waals surface area contributed by atoms with Gasteiger partial charge in [0.1, 0.15) is 13.2 Å². The zero-order chi connectivity index (χ0) is 19.9. The van der Waals surface area contributed by atoms with Crippen LogP contribution in [0, 0.1) is 12.3 Å². The molecule has 1 amide bonds. The van der Waals surface area contributed by atoms with Crippen molar-refractivity contribution >= 4 is 34.8 Å². The van der Waals surface area contributed by atoms with Crippen LogP contribution in [0.25, 0.3) is 11.0 Å². The fraction of sp³-hybridized carbons (Fsp3) is 0.150. The molecule has 1 aromatic heterocycles. The number of ether oxygens (including phenoxy) is 2. The number of benzene rings is 2. The number of nitrogens with one attached hydrogen (secondary N) is 1. The van der Waals surface area contributed by atoms with Crippen molar-refractivity contribution in [3.63, 3.8) is 0 Å². The summed E-state index contributed by atoms with van der Waals surface area (Å²) in [4.78, 5) is 16.4. The van der Waals surface area contributed by atoms with E-state index in [9.17, 15) is 4.79 Å². The van der Waals surface area contributed by atoms with Crippen LogP contribution in [0.2, 0.25) is 5.02 Å². The lowest BCUT2D eigenvalue weighted by Gasteiger charge is -2.11. The molecule has 0 saturated carbocycles. The van der Waals surface area contributed by atoms with Gasteiger partial charge in [-0.25, -0.2) is 10.4 Å². The van der Waals surface area contributed by atoms with E-state index in [0.717, 1.165) is 11.0 Å². The highest BCUT2D eigenvalue weighted by atomic mass is 35.5. The highest BCUT2D eigenvalue weighted by Gasteiger charge is 2.11. The zero-order valence-corrected chi connectivity index (χ0v) is 15.8. The molecule has 3 aromatic rings. The lowest BCUT2D eigenvalue weighted by atomic mass is 10.2. The summed E-state index contributed by atoms with van der Waals surface area (Å²) in [7, 11) is 1.49. The first-order chi connectivity index (χ1) is 13.6. The van der Waals surface area contributed by atoms with E-state index in [2.05, 4.69) is 21.4 Å². The summed E-state index contributed by atoms with van der Waals surface area (Å²) in [6.45, 7) is 0.170. The van der Waals surface area contributed by atoms with Crippen molar-refractivity contribution < 1.29 is 14.3 Å². The van der Waals surface area contributed by atoms with E-state index in [1.807, 2.05) is 24.3 Å². The summed E-state index contributed by atoms with van der Waals surface area (Å²) in [5.41, 5.74) is 4.81. The number of hydrogen-bond donors (Lipinski definition) is 1. The first-order valence-corrected chi connectivity index (χ1v) is 8.65. The van der Waals surface area contributed by atoms with Gasteiger partial charge in [-0.2, -0.15) is 5.10 Å². The molecule has 0 aliphatic heterocycles. The van der Waals surface area contributed by atoms with Crippen LogP contribution < -0.4 is 14.9 Å². The fourth-order valence-electron chi connectivity index (χ4n) is 2.57. The van der Waals surface area contributed by atoms with Gasteiger partial charge in [0.25, 0.3) is 5.91 Å². The van der Waals surface area contributed by atoms with Crippen LogP contribution in [-0.4, -0.2) is 35.4 Å². The van der Waals surface area contributed by atoms with E-state index in [0.29, 0.717) is 22.1 Å². The predicted molar refractivity (Wildman–Crippen MR) is 108 cm³/mol. The SMILES string of the molecule is C#CCOc1c(Cl)cc(/C=N\NC(=O)Cn2cnc3ccccc32)cc1OC. The third-order valence-corrected chi connectivity index (χ3v) is 4.08. The minimum absolute atomic E-state index is 0.0719. The normalized spacial score (nSPS) is 10.8. The van der Waals surface area contributed by atoms with Crippen LogP contribution in [0.4, 0.5) is 0 Å². The van der Waals surface area contributed by atoms with Crippen molar-refractivity contribution in [1.82, 2.24) is 15.0 Å². The smallest absolute Gasteiger partial charge is 0.260 e. The summed E-state index contributed by atoms with van der Waals surface area (Å²) < 4.78 is 12.4. The second-order valence-corrected chi connectivity index (χ2v) is 6.09. The van der Waals surface area contributed by atoms with E-state index in [-0.39, 0.29) is 19.1 Å². The Hall–Kier alpha value is -3.50. The highest BCUT2D eigenvalue weighted by molar-refractivity contribution is 6.32. The topological polar surface area (TPSA) is 77.7 Å². The molecular weight excluding hydrogens is 380 g/mol. The first-order valence-electron chi connectivity index (χ1n) is 8.28. The Morgan fingerprint density at radius 3 is 3.04 bits per heavy atom. The van der Waals surface area contributed by atoms with Gasteiger partial charge in [-0.3, -0.25) is 4.79 Å². The third kappa shape index (κ3) is 4.42. The molecule has 0 radical (unpaired) electrons. The maximum absolute atomic E-state index is 12.1. The molecule has 8 heteroatoms. The van der Waals surface area contributed by atoms with E-state index >= 15 is 0 Å². The second kappa shape index (κ2) is 8.93. The first kappa shape index (κ1) is 19.3. The maximum Gasteiger partial charge on any atom is 0.260 e. The number of methoxy groups -OCH3 is 1. The molecule has 0 aliphatic carbocycles. The van der Waals surface area contributed by atoms with Gasteiger partial charge >= 0.3 is 0 Å². The number of hydrazone groups is 1. The van der Waals surface area contributed by atoms with E-state index in [4.69, 9.17) is 27.5 Å². The number of rotatable bonds is 7. The average molecular weight is 397 g/mol. The highest BCUT2D eigenvalue weighted by Crippen LogP contribution is 2.35. The molecule has 0 atom stereocenters. The summed E-state index contributed by atoms with van der Waals surface area (Å²) in [6, 6.07) is 10.9. The summed E-state index contributed by atoms with van der Waals surface area (Å²) in [5, 5.41) is 4.29. The van der Waals surface area contributed by atoms with Crippen molar-refractivity contribution in [2.24, 2.45) is 5.10 Å². The van der Waals surface area contributed by atoms with Crippen molar-refractivity contribution in [2.75, 3.05) is 13.7 Å². The van der Waals surface area contributed by atoms with Crippen LogP contribution in [0.15, 0.2) is 47.8 Å². The van der Waals surface area contributed by atoms with E-state index in [1.165, 1.54) is 13.3 Å². The maximum atomic E-state index is 12.1. The molecule has 2 aromatic carbocycles. The summed E-state index contributed by atoms with van der Waals surface area (Å²) in [6.07, 6.45) is 8.28. The number of para-hydroxylation sites is 2. The monoisotopic (exact) mass is 396 g/mol.